The summed E-state index contributed by atoms with van der Waals surface area (Å²) >= 11 is 0. The molecule has 2 atom stereocenters. The molecule has 1 aromatic rings. The molecule has 1 aromatic heterocycles. The summed E-state index contributed by atoms with van der Waals surface area (Å²) in [5.41, 5.74) is 1.42. The first-order valence-corrected chi connectivity index (χ1v) is 5.97. The summed E-state index contributed by atoms with van der Waals surface area (Å²) in [5.74, 6) is 0.707. The van der Waals surface area contributed by atoms with E-state index < -0.39 is 0 Å². The molecule has 0 spiro atoms. The summed E-state index contributed by atoms with van der Waals surface area (Å²) in [6.07, 6.45) is 10.5. The van der Waals surface area contributed by atoms with Gasteiger partial charge in [0, 0.05) is 18.4 Å². The first-order valence-electron chi connectivity index (χ1n) is 5.97. The van der Waals surface area contributed by atoms with Gasteiger partial charge in [0.25, 0.3) is 0 Å². The Bertz CT molecular complexity index is 284. The fourth-order valence-corrected chi connectivity index (χ4v) is 2.54. The van der Waals surface area contributed by atoms with E-state index in [0.29, 0.717) is 12.0 Å². The van der Waals surface area contributed by atoms with Gasteiger partial charge < -0.3 is 5.32 Å². The van der Waals surface area contributed by atoms with Gasteiger partial charge in [-0.15, -0.1) is 0 Å². The molecule has 2 unspecified atom stereocenters. The van der Waals surface area contributed by atoms with Crippen molar-refractivity contribution in [1.29, 1.82) is 0 Å². The summed E-state index contributed by atoms with van der Waals surface area (Å²) in [4.78, 5) is 4.22. The van der Waals surface area contributed by atoms with Crippen LogP contribution in [0, 0.1) is 0 Å². The molecule has 2 rings (SSSR count). The van der Waals surface area contributed by atoms with Crippen molar-refractivity contribution in [2.24, 2.45) is 0 Å². The third kappa shape index (κ3) is 2.78. The molecule has 1 saturated carbocycles. The largest absolute Gasteiger partial charge is 0.317 e. The van der Waals surface area contributed by atoms with Crippen LogP contribution in [0.2, 0.25) is 0 Å². The Morgan fingerprint density at radius 3 is 2.93 bits per heavy atom. The summed E-state index contributed by atoms with van der Waals surface area (Å²) in [6, 6.07) is 4.96. The molecule has 0 radical (unpaired) electrons. The second-order valence-corrected chi connectivity index (χ2v) is 4.49. The highest BCUT2D eigenvalue weighted by molar-refractivity contribution is 5.15. The minimum atomic E-state index is 0.692. The summed E-state index contributed by atoms with van der Waals surface area (Å²) in [5, 5.41) is 3.42. The molecule has 0 aromatic carbocycles. The van der Waals surface area contributed by atoms with Gasteiger partial charge in [-0.25, -0.2) is 0 Å². The van der Waals surface area contributed by atoms with Crippen molar-refractivity contribution < 1.29 is 0 Å². The van der Waals surface area contributed by atoms with E-state index in [1.54, 1.807) is 0 Å². The zero-order valence-corrected chi connectivity index (χ0v) is 9.45. The van der Waals surface area contributed by atoms with Crippen LogP contribution < -0.4 is 5.32 Å². The molecule has 1 fully saturated rings. The lowest BCUT2D eigenvalue weighted by Crippen LogP contribution is -2.25. The number of hydrogen-bond donors (Lipinski definition) is 1. The van der Waals surface area contributed by atoms with Crippen LogP contribution in [0.4, 0.5) is 0 Å². The summed E-state index contributed by atoms with van der Waals surface area (Å²) in [6.45, 7) is 0. The van der Waals surface area contributed by atoms with Gasteiger partial charge in [0.05, 0.1) is 0 Å². The molecule has 0 saturated heterocycles. The van der Waals surface area contributed by atoms with Crippen molar-refractivity contribution in [3.05, 3.63) is 30.1 Å². The standard InChI is InChI=1S/C13H20N2/c1-14-13-7-3-2-5-11(9-13)12-6-4-8-15-10-12/h4,6,8,10-11,13-14H,2-3,5,7,9H2,1H3. The third-order valence-electron chi connectivity index (χ3n) is 3.49. The van der Waals surface area contributed by atoms with Gasteiger partial charge in [0.2, 0.25) is 0 Å². The molecule has 0 aliphatic heterocycles. The van der Waals surface area contributed by atoms with Gasteiger partial charge in [-0.05, 0) is 43.9 Å². The van der Waals surface area contributed by atoms with Crippen LogP contribution in [-0.4, -0.2) is 18.1 Å². The minimum Gasteiger partial charge on any atom is -0.317 e. The number of nitrogens with zero attached hydrogens (tertiary/aromatic N) is 1. The molecule has 15 heavy (non-hydrogen) atoms. The Morgan fingerprint density at radius 1 is 1.33 bits per heavy atom. The van der Waals surface area contributed by atoms with Crippen molar-refractivity contribution in [3.63, 3.8) is 0 Å². The lowest BCUT2D eigenvalue weighted by atomic mass is 9.91. The predicted octanol–water partition coefficient (Wildman–Crippen LogP) is 2.72. The van der Waals surface area contributed by atoms with Crippen LogP contribution in [0.15, 0.2) is 24.5 Å². The van der Waals surface area contributed by atoms with Crippen molar-refractivity contribution in [2.45, 2.75) is 44.1 Å². The van der Waals surface area contributed by atoms with Crippen LogP contribution in [0.3, 0.4) is 0 Å². The average Bonchev–Trinajstić information content (AvgIpc) is 2.55. The van der Waals surface area contributed by atoms with Crippen LogP contribution in [0.5, 0.6) is 0 Å². The van der Waals surface area contributed by atoms with Gasteiger partial charge in [0.1, 0.15) is 0 Å². The lowest BCUT2D eigenvalue weighted by molar-refractivity contribution is 0.470. The molecule has 1 aliphatic rings. The number of rotatable bonds is 2. The van der Waals surface area contributed by atoms with E-state index in [2.05, 4.69) is 29.5 Å². The molecule has 1 N–H and O–H groups in total. The quantitative estimate of drug-likeness (QED) is 0.749. The van der Waals surface area contributed by atoms with E-state index in [-0.39, 0.29) is 0 Å². The zero-order chi connectivity index (χ0) is 10.5. The van der Waals surface area contributed by atoms with E-state index >= 15 is 0 Å². The van der Waals surface area contributed by atoms with Crippen molar-refractivity contribution in [3.8, 4) is 0 Å². The topological polar surface area (TPSA) is 24.9 Å². The Balaban J connectivity index is 2.07. The highest BCUT2D eigenvalue weighted by Gasteiger charge is 2.20. The predicted molar refractivity (Wildman–Crippen MR) is 62.9 cm³/mol. The number of aromatic nitrogens is 1. The maximum atomic E-state index is 4.22. The highest BCUT2D eigenvalue weighted by atomic mass is 14.9. The Hall–Kier alpha value is -0.890. The fraction of sp³-hybridized carbons (Fsp3) is 0.615. The first kappa shape index (κ1) is 10.6. The maximum absolute atomic E-state index is 4.22. The fourth-order valence-electron chi connectivity index (χ4n) is 2.54. The number of pyridine rings is 1. The molecular formula is C13H20N2. The molecule has 2 heteroatoms. The third-order valence-corrected chi connectivity index (χ3v) is 3.49. The number of hydrogen-bond acceptors (Lipinski definition) is 2. The average molecular weight is 204 g/mol. The molecule has 0 amide bonds. The van der Waals surface area contributed by atoms with Gasteiger partial charge in [0.15, 0.2) is 0 Å². The Morgan fingerprint density at radius 2 is 2.20 bits per heavy atom. The van der Waals surface area contributed by atoms with Crippen molar-refractivity contribution in [2.75, 3.05) is 7.05 Å². The smallest absolute Gasteiger partial charge is 0.0302 e. The van der Waals surface area contributed by atoms with Gasteiger partial charge in [-0.1, -0.05) is 18.9 Å². The van der Waals surface area contributed by atoms with Gasteiger partial charge in [-0.2, -0.15) is 0 Å². The highest BCUT2D eigenvalue weighted by Crippen LogP contribution is 2.31. The van der Waals surface area contributed by atoms with Crippen LogP contribution in [0.25, 0.3) is 0 Å². The van der Waals surface area contributed by atoms with E-state index in [1.807, 2.05) is 12.4 Å². The molecule has 1 aliphatic carbocycles. The molecule has 0 bridgehead atoms. The molecular weight excluding hydrogens is 184 g/mol. The SMILES string of the molecule is CNC1CCCCC(c2cccnc2)C1. The van der Waals surface area contributed by atoms with Crippen molar-refractivity contribution >= 4 is 0 Å². The van der Waals surface area contributed by atoms with Crippen molar-refractivity contribution in [1.82, 2.24) is 10.3 Å². The minimum absolute atomic E-state index is 0.692. The van der Waals surface area contributed by atoms with Gasteiger partial charge >= 0.3 is 0 Å². The van der Waals surface area contributed by atoms with E-state index in [0.717, 1.165) is 0 Å². The van der Waals surface area contributed by atoms with Gasteiger partial charge in [-0.3, -0.25) is 4.98 Å². The maximum Gasteiger partial charge on any atom is 0.0302 e. The molecule has 1 heterocycles. The monoisotopic (exact) mass is 204 g/mol. The first-order chi connectivity index (χ1) is 7.40. The Labute approximate surface area is 92.1 Å². The lowest BCUT2D eigenvalue weighted by Gasteiger charge is -2.19. The van der Waals surface area contributed by atoms with E-state index in [4.69, 9.17) is 0 Å². The van der Waals surface area contributed by atoms with Crippen LogP contribution in [-0.2, 0) is 0 Å². The second kappa shape index (κ2) is 5.26. The summed E-state index contributed by atoms with van der Waals surface area (Å²) in [7, 11) is 2.08. The second-order valence-electron chi connectivity index (χ2n) is 4.49. The summed E-state index contributed by atoms with van der Waals surface area (Å²) < 4.78 is 0. The van der Waals surface area contributed by atoms with E-state index in [1.165, 1.54) is 37.7 Å². The van der Waals surface area contributed by atoms with Crippen LogP contribution >= 0.6 is 0 Å². The molecule has 82 valence electrons. The van der Waals surface area contributed by atoms with Crippen LogP contribution in [0.1, 0.15) is 43.6 Å². The van der Waals surface area contributed by atoms with E-state index in [9.17, 15) is 0 Å². The number of nitrogens with one attached hydrogen (secondary N) is 1. The normalized spacial score (nSPS) is 27.3. The Kier molecular flexibility index (Phi) is 3.73. The molecule has 2 nitrogen and oxygen atoms in total. The zero-order valence-electron chi connectivity index (χ0n) is 9.45.